The summed E-state index contributed by atoms with van der Waals surface area (Å²) in [6.07, 6.45) is 0. The van der Waals surface area contributed by atoms with Crippen molar-refractivity contribution in [2.75, 3.05) is 0 Å². The molecule has 0 aromatic carbocycles. The van der Waals surface area contributed by atoms with E-state index in [0.29, 0.717) is 0 Å². The van der Waals surface area contributed by atoms with Crippen LogP contribution in [0.1, 0.15) is 0 Å². The molecule has 0 spiro atoms. The second-order valence-corrected chi connectivity index (χ2v) is 0. The first-order valence-corrected chi connectivity index (χ1v) is 7.50. The molecule has 0 amide bonds. The van der Waals surface area contributed by atoms with E-state index in [-0.39, 0.29) is 48.9 Å². The van der Waals surface area contributed by atoms with E-state index in [1.54, 1.807) is 0 Å². The van der Waals surface area contributed by atoms with E-state index in [1.165, 1.54) is 0 Å². The van der Waals surface area contributed by atoms with Gasteiger partial charge in [-0.2, -0.15) is 0 Å². The van der Waals surface area contributed by atoms with Gasteiger partial charge in [-0.25, -0.2) is 0 Å². The second kappa shape index (κ2) is 16.4. The summed E-state index contributed by atoms with van der Waals surface area (Å²) in [5.41, 5.74) is 0. The fourth-order valence-corrected chi connectivity index (χ4v) is 0. The minimum atomic E-state index is 0. The molecule has 0 aliphatic carbocycles. The van der Waals surface area contributed by atoms with Crippen LogP contribution in [0.3, 0.4) is 0 Å². The first-order valence-electron chi connectivity index (χ1n) is 0.167. The van der Waals surface area contributed by atoms with Crippen molar-refractivity contribution in [1.82, 2.24) is 0 Å². The Balaban J connectivity index is -0.00000000500. The summed E-state index contributed by atoms with van der Waals surface area (Å²) in [5, 5.41) is 0. The summed E-state index contributed by atoms with van der Waals surface area (Å²) < 4.78 is 0. The van der Waals surface area contributed by atoms with Gasteiger partial charge in [-0.15, -0.1) is 0 Å². The normalized spacial score (nSPS) is 1.50. The number of hydrogen-bond donors (Lipinski definition) is 0. The molecule has 26 valence electrons. The summed E-state index contributed by atoms with van der Waals surface area (Å²) in [5.74, 6) is 0. The van der Waals surface area contributed by atoms with Crippen LogP contribution in [0.4, 0.5) is 0 Å². The Hall–Kier alpha value is 3.22. The third-order valence-electron chi connectivity index (χ3n) is 0. The molecule has 0 unspecified atom stereocenters. The molecular weight excluding hydrogens is 499 g/mol. The van der Waals surface area contributed by atoms with E-state index >= 15 is 0 Å². The molecule has 0 N–H and O–H groups in total. The summed E-state index contributed by atoms with van der Waals surface area (Å²) >= 11 is 3.92. The Morgan fingerprint density at radius 3 is 0.750 bits per heavy atom. The Bertz CT molecular complexity index is 4.00. The average molecular weight is 503 g/mol. The Morgan fingerprint density at radius 1 is 0.750 bits per heavy atom. The van der Waals surface area contributed by atoms with Crippen molar-refractivity contribution in [2.24, 2.45) is 0 Å². The van der Waals surface area contributed by atoms with Gasteiger partial charge in [0.05, 0.1) is 0 Å². The van der Waals surface area contributed by atoms with Gasteiger partial charge in [0, 0.05) is 0 Å². The van der Waals surface area contributed by atoms with Gasteiger partial charge in [-0.05, 0) is 0 Å². The molecule has 4 heavy (non-hydrogen) atoms. The summed E-state index contributed by atoms with van der Waals surface area (Å²) in [6, 6.07) is 0. The molecule has 4 radical (unpaired) electrons. The second-order valence-electron chi connectivity index (χ2n) is 0. The zero-order chi connectivity index (χ0) is 2.00. The standard InChI is InChI=1S/2Sb.Te2.4H/c;;1-2;;;;. The Kier molecular flexibility index (Phi) is 64.1. The first kappa shape index (κ1) is 15.7. The molecule has 0 aliphatic heterocycles. The van der Waals surface area contributed by atoms with Gasteiger partial charge in [0.15, 0.2) is 0 Å². The van der Waals surface area contributed by atoms with Crippen LogP contribution in [0.5, 0.6) is 0 Å². The third-order valence-corrected chi connectivity index (χ3v) is 0. The van der Waals surface area contributed by atoms with Gasteiger partial charge >= 0.3 is 85.7 Å². The zero-order valence-corrected chi connectivity index (χ0v) is 13.2. The molecule has 0 nitrogen and oxygen atoms in total. The molecule has 0 fully saturated rings. The predicted octanol–water partition coefficient (Wildman–Crippen LogP) is -2.59. The summed E-state index contributed by atoms with van der Waals surface area (Å²) in [7, 11) is 0. The minimum absolute atomic E-state index is 0. The van der Waals surface area contributed by atoms with Gasteiger partial charge in [0.25, 0.3) is 0 Å². The fraction of sp³-hybridized carbons (Fsp3) is 0. The molecule has 0 aromatic heterocycles. The molecule has 4 heteroatoms. The number of hydrogen-bond acceptors (Lipinski definition) is 0. The molecule has 0 heterocycles. The van der Waals surface area contributed by atoms with Crippen molar-refractivity contribution in [1.29, 1.82) is 0 Å². The van der Waals surface area contributed by atoms with Crippen molar-refractivity contribution < 1.29 is 0 Å². The quantitative estimate of drug-likeness (QED) is 0.319. The van der Waals surface area contributed by atoms with Crippen molar-refractivity contribution in [3.05, 3.63) is 0 Å². The number of rotatable bonds is 0. The average Bonchev–Trinajstić information content (AvgIpc) is 1.00. The maximum absolute atomic E-state index is 1.96. The van der Waals surface area contributed by atoms with Gasteiger partial charge in [-0.3, -0.25) is 0 Å². The first-order chi connectivity index (χ1) is 1.00. The molecule has 0 saturated heterocycles. The summed E-state index contributed by atoms with van der Waals surface area (Å²) in [6.45, 7) is 0. The fourth-order valence-electron chi connectivity index (χ4n) is 0. The molecule has 0 rings (SSSR count). The molecular formula is H4Sb2Te2. The van der Waals surface area contributed by atoms with E-state index in [1.807, 2.05) is 36.9 Å². The van der Waals surface area contributed by atoms with Gasteiger partial charge in [0.1, 0.15) is 0 Å². The van der Waals surface area contributed by atoms with E-state index in [2.05, 4.69) is 0 Å². The van der Waals surface area contributed by atoms with Gasteiger partial charge in [0.2, 0.25) is 0 Å². The van der Waals surface area contributed by atoms with Crippen LogP contribution in [0, 0.1) is 0 Å². The van der Waals surface area contributed by atoms with E-state index < -0.39 is 0 Å². The van der Waals surface area contributed by atoms with Crippen LogP contribution in [-0.2, 0) is 0 Å². The van der Waals surface area contributed by atoms with Crippen molar-refractivity contribution in [3.8, 4) is 0 Å². The van der Waals surface area contributed by atoms with E-state index in [0.717, 1.165) is 0 Å². The topological polar surface area (TPSA) is 0 Å². The predicted molar refractivity (Wildman–Crippen MR) is 28.6 cm³/mol. The van der Waals surface area contributed by atoms with E-state index in [4.69, 9.17) is 0 Å². The van der Waals surface area contributed by atoms with Crippen LogP contribution < -0.4 is 0 Å². The zero-order valence-electron chi connectivity index (χ0n) is 1.97. The van der Waals surface area contributed by atoms with Crippen LogP contribution in [0.25, 0.3) is 0 Å². The van der Waals surface area contributed by atoms with Gasteiger partial charge in [-0.1, -0.05) is 0 Å². The van der Waals surface area contributed by atoms with Crippen molar-refractivity contribution in [2.45, 2.75) is 0 Å². The molecule has 0 aliphatic rings. The van der Waals surface area contributed by atoms with Crippen LogP contribution in [0.15, 0.2) is 0 Å². The third kappa shape index (κ3) is 8.96. The Labute approximate surface area is 83.7 Å². The summed E-state index contributed by atoms with van der Waals surface area (Å²) in [4.78, 5) is 0. The van der Waals surface area contributed by atoms with Crippen LogP contribution >= 0.6 is 0 Å². The Morgan fingerprint density at radius 2 is 0.750 bits per heavy atom. The van der Waals surface area contributed by atoms with Crippen LogP contribution in [0.2, 0.25) is 0 Å². The van der Waals surface area contributed by atoms with Crippen LogP contribution in [-0.4, -0.2) is 85.7 Å². The van der Waals surface area contributed by atoms with E-state index in [9.17, 15) is 0 Å². The maximum atomic E-state index is 1.96. The van der Waals surface area contributed by atoms with Crippen molar-refractivity contribution in [3.63, 3.8) is 0 Å². The molecule has 0 saturated carbocycles. The monoisotopic (exact) mass is 506 g/mol. The molecule has 0 atom stereocenters. The molecule has 0 bridgehead atoms. The van der Waals surface area contributed by atoms with Crippen molar-refractivity contribution >= 4 is 85.7 Å². The van der Waals surface area contributed by atoms with Gasteiger partial charge < -0.3 is 0 Å². The SMILES string of the molecule is [SbH2].[SbH2].[Te][Te]. The molecule has 0 aromatic rings.